The third-order valence-electron chi connectivity index (χ3n) is 3.25. The van der Waals surface area contributed by atoms with Crippen molar-refractivity contribution in [2.24, 2.45) is 0 Å². The Balaban J connectivity index is 2.34. The maximum Gasteiger partial charge on any atom is 0.237 e. The van der Waals surface area contributed by atoms with Crippen LogP contribution in [-0.2, 0) is 21.3 Å². The molecule has 1 aromatic carbocycles. The van der Waals surface area contributed by atoms with E-state index in [0.29, 0.717) is 19.6 Å². The predicted octanol–water partition coefficient (Wildman–Crippen LogP) is 0.961. The molecule has 0 fully saturated rings. The lowest BCUT2D eigenvalue weighted by Crippen LogP contribution is -2.39. The fraction of sp³-hybridized carbons (Fsp3) is 0.538. The Labute approximate surface area is 114 Å². The fourth-order valence-electron chi connectivity index (χ4n) is 2.17. The molecule has 0 saturated heterocycles. The normalized spacial score (nSPS) is 17.7. The number of rotatable bonds is 4. The van der Waals surface area contributed by atoms with Gasteiger partial charge in [0.15, 0.2) is 0 Å². The van der Waals surface area contributed by atoms with Crippen molar-refractivity contribution < 1.29 is 13.2 Å². The quantitative estimate of drug-likeness (QED) is 0.895. The molecule has 0 spiro atoms. The number of hydrogen-bond donors (Lipinski definition) is 1. The van der Waals surface area contributed by atoms with Crippen LogP contribution < -0.4 is 9.62 Å². The lowest BCUT2D eigenvalue weighted by Gasteiger charge is -2.25. The van der Waals surface area contributed by atoms with E-state index in [-0.39, 0.29) is 11.9 Å². The van der Waals surface area contributed by atoms with Crippen molar-refractivity contribution in [3.05, 3.63) is 29.8 Å². The van der Waals surface area contributed by atoms with Crippen molar-refractivity contribution in [1.29, 1.82) is 0 Å². The Morgan fingerprint density at radius 1 is 1.42 bits per heavy atom. The van der Waals surface area contributed by atoms with Crippen LogP contribution in [-0.4, -0.2) is 40.5 Å². The molecule has 0 radical (unpaired) electrons. The molecule has 19 heavy (non-hydrogen) atoms. The number of nitrogens with zero attached hydrogens (tertiary/aromatic N) is 1. The van der Waals surface area contributed by atoms with Crippen LogP contribution in [0.4, 0.5) is 5.69 Å². The minimum absolute atomic E-state index is 0.00215. The molecule has 5 nitrogen and oxygen atoms in total. The molecule has 1 aliphatic rings. The predicted molar refractivity (Wildman–Crippen MR) is 75.8 cm³/mol. The van der Waals surface area contributed by atoms with Gasteiger partial charge in [0.25, 0.3) is 0 Å². The third-order valence-corrected chi connectivity index (χ3v) is 5.19. The lowest BCUT2D eigenvalue weighted by molar-refractivity contribution is 0.136. The van der Waals surface area contributed by atoms with Crippen LogP contribution in [0.5, 0.6) is 0 Å². The molecule has 1 atom stereocenters. The highest BCUT2D eigenvalue weighted by Crippen LogP contribution is 2.25. The first-order chi connectivity index (χ1) is 9.04. The summed E-state index contributed by atoms with van der Waals surface area (Å²) >= 11 is 0. The van der Waals surface area contributed by atoms with Gasteiger partial charge in [-0.1, -0.05) is 18.2 Å². The van der Waals surface area contributed by atoms with Crippen LogP contribution in [0.2, 0.25) is 0 Å². The zero-order valence-electron chi connectivity index (χ0n) is 11.3. The molecule has 6 heteroatoms. The van der Waals surface area contributed by atoms with Crippen LogP contribution in [0.1, 0.15) is 12.5 Å². The summed E-state index contributed by atoms with van der Waals surface area (Å²) in [4.78, 5) is 0. The minimum atomic E-state index is -3.36. The number of benzene rings is 1. The average Bonchev–Trinajstić information content (AvgIpc) is 2.60. The smallest absolute Gasteiger partial charge is 0.237 e. The van der Waals surface area contributed by atoms with Crippen molar-refractivity contribution in [3.63, 3.8) is 0 Å². The summed E-state index contributed by atoms with van der Waals surface area (Å²) in [7, 11) is -1.84. The molecular weight excluding hydrogens is 264 g/mol. The third kappa shape index (κ3) is 3.26. The molecule has 1 aromatic rings. The van der Waals surface area contributed by atoms with Crippen molar-refractivity contribution in [2.75, 3.05) is 30.3 Å². The second kappa shape index (κ2) is 5.90. The Kier molecular flexibility index (Phi) is 4.44. The van der Waals surface area contributed by atoms with Crippen LogP contribution >= 0.6 is 0 Å². The first-order valence-corrected chi connectivity index (χ1v) is 7.97. The maximum absolute atomic E-state index is 12.5. The largest absolute Gasteiger partial charge is 0.381 e. The van der Waals surface area contributed by atoms with Gasteiger partial charge in [-0.05, 0) is 18.6 Å². The molecule has 0 amide bonds. The topological polar surface area (TPSA) is 58.6 Å². The second-order valence-electron chi connectivity index (χ2n) is 4.70. The molecule has 1 N–H and O–H groups in total. The molecule has 0 saturated carbocycles. The number of nitrogens with one attached hydrogen (secondary N) is 1. The Hall–Kier alpha value is -1.11. The highest BCUT2D eigenvalue weighted by molar-refractivity contribution is 7.92. The zero-order valence-corrected chi connectivity index (χ0v) is 12.1. The standard InChI is InChI=1S/C13H20N2O3S/c1-11(18-2)10-19(16,17)15-8-7-14-9-12-5-3-4-6-13(12)15/h3-6,11,14H,7-10H2,1-2H3. The van der Waals surface area contributed by atoms with Gasteiger partial charge in [0, 0.05) is 26.7 Å². The van der Waals surface area contributed by atoms with E-state index < -0.39 is 10.0 Å². The van der Waals surface area contributed by atoms with Crippen LogP contribution in [0.15, 0.2) is 24.3 Å². The van der Waals surface area contributed by atoms with Gasteiger partial charge in [-0.3, -0.25) is 4.31 Å². The van der Waals surface area contributed by atoms with Gasteiger partial charge in [-0.2, -0.15) is 0 Å². The molecule has 0 aromatic heterocycles. The number of fused-ring (bicyclic) bond motifs is 1. The van der Waals surface area contributed by atoms with Gasteiger partial charge < -0.3 is 10.1 Å². The van der Waals surface area contributed by atoms with E-state index in [0.717, 1.165) is 11.3 Å². The molecule has 1 heterocycles. The van der Waals surface area contributed by atoms with Gasteiger partial charge in [-0.25, -0.2) is 8.42 Å². The number of anilines is 1. The first-order valence-electron chi connectivity index (χ1n) is 6.36. The monoisotopic (exact) mass is 284 g/mol. The molecule has 2 rings (SSSR count). The number of sulfonamides is 1. The van der Waals surface area contributed by atoms with Crippen molar-refractivity contribution in [1.82, 2.24) is 5.32 Å². The number of para-hydroxylation sites is 1. The van der Waals surface area contributed by atoms with Gasteiger partial charge >= 0.3 is 0 Å². The number of hydrogen-bond acceptors (Lipinski definition) is 4. The van der Waals surface area contributed by atoms with Gasteiger partial charge in [0.1, 0.15) is 0 Å². The minimum Gasteiger partial charge on any atom is -0.381 e. The Morgan fingerprint density at radius 3 is 2.89 bits per heavy atom. The summed E-state index contributed by atoms with van der Waals surface area (Å²) in [6, 6.07) is 7.61. The average molecular weight is 284 g/mol. The van der Waals surface area contributed by atoms with E-state index in [2.05, 4.69) is 5.32 Å². The molecule has 0 aliphatic carbocycles. The maximum atomic E-state index is 12.5. The molecule has 0 bridgehead atoms. The van der Waals surface area contributed by atoms with E-state index in [4.69, 9.17) is 4.74 Å². The van der Waals surface area contributed by atoms with Crippen molar-refractivity contribution >= 4 is 15.7 Å². The van der Waals surface area contributed by atoms with E-state index in [9.17, 15) is 8.42 Å². The van der Waals surface area contributed by atoms with Gasteiger partial charge in [0.2, 0.25) is 10.0 Å². The molecule has 1 aliphatic heterocycles. The van der Waals surface area contributed by atoms with Crippen molar-refractivity contribution in [3.8, 4) is 0 Å². The van der Waals surface area contributed by atoms with E-state index in [1.165, 1.54) is 11.4 Å². The van der Waals surface area contributed by atoms with E-state index >= 15 is 0 Å². The summed E-state index contributed by atoms with van der Waals surface area (Å²) in [5.41, 5.74) is 1.78. The summed E-state index contributed by atoms with van der Waals surface area (Å²) < 4.78 is 31.5. The Morgan fingerprint density at radius 2 is 2.16 bits per heavy atom. The molecule has 1 unspecified atom stereocenters. The highest BCUT2D eigenvalue weighted by atomic mass is 32.2. The summed E-state index contributed by atoms with van der Waals surface area (Å²) in [6.07, 6.45) is -0.312. The number of ether oxygens (including phenoxy) is 1. The fourth-order valence-corrected chi connectivity index (χ4v) is 3.93. The molecule has 106 valence electrons. The highest BCUT2D eigenvalue weighted by Gasteiger charge is 2.27. The van der Waals surface area contributed by atoms with Crippen molar-refractivity contribution in [2.45, 2.75) is 19.6 Å². The lowest BCUT2D eigenvalue weighted by atomic mass is 10.2. The van der Waals surface area contributed by atoms with Crippen LogP contribution in [0, 0.1) is 0 Å². The van der Waals surface area contributed by atoms with Gasteiger partial charge in [0.05, 0.1) is 17.5 Å². The van der Waals surface area contributed by atoms with Crippen LogP contribution in [0.3, 0.4) is 0 Å². The van der Waals surface area contributed by atoms with E-state index in [1.54, 1.807) is 6.92 Å². The summed E-state index contributed by atoms with van der Waals surface area (Å²) in [5, 5.41) is 3.24. The SMILES string of the molecule is COC(C)CS(=O)(=O)N1CCNCc2ccccc21. The zero-order chi connectivity index (χ0) is 13.9. The molecular formula is C13H20N2O3S. The summed E-state index contributed by atoms with van der Waals surface area (Å²) in [6.45, 7) is 3.56. The number of methoxy groups -OCH3 is 1. The van der Waals surface area contributed by atoms with Gasteiger partial charge in [-0.15, -0.1) is 0 Å². The summed E-state index contributed by atoms with van der Waals surface area (Å²) in [5.74, 6) is -0.00215. The second-order valence-corrected chi connectivity index (χ2v) is 6.64. The van der Waals surface area contributed by atoms with Crippen LogP contribution in [0.25, 0.3) is 0 Å². The Bertz CT molecular complexity index is 530. The van der Waals surface area contributed by atoms with E-state index in [1.807, 2.05) is 24.3 Å². The first kappa shape index (κ1) is 14.3.